The first kappa shape index (κ1) is 21.5. The van der Waals surface area contributed by atoms with Crippen molar-refractivity contribution < 1.29 is 18.0 Å². The lowest BCUT2D eigenvalue weighted by Crippen LogP contribution is -2.37. The normalized spacial score (nSPS) is 13.3. The van der Waals surface area contributed by atoms with E-state index in [0.717, 1.165) is 10.2 Å². The summed E-state index contributed by atoms with van der Waals surface area (Å²) < 4.78 is 39.1. The third-order valence-corrected chi connectivity index (χ3v) is 4.65. The third-order valence-electron chi connectivity index (χ3n) is 4.65. The predicted octanol–water partition coefficient (Wildman–Crippen LogP) is 3.20. The lowest BCUT2D eigenvalue weighted by atomic mass is 9.79. The molecule has 1 aromatic carbocycles. The van der Waals surface area contributed by atoms with E-state index >= 15 is 0 Å². The molecule has 3 rings (SSSR count). The van der Waals surface area contributed by atoms with Gasteiger partial charge in [-0.1, -0.05) is 44.2 Å². The number of halogens is 3. The average Bonchev–Trinajstić information content (AvgIpc) is 3.28. The molecule has 0 radical (unpaired) electrons. The number of benzene rings is 1. The molecule has 0 spiro atoms. The number of rotatable bonds is 6. The van der Waals surface area contributed by atoms with E-state index < -0.39 is 17.9 Å². The van der Waals surface area contributed by atoms with E-state index in [4.69, 9.17) is 0 Å². The van der Waals surface area contributed by atoms with Gasteiger partial charge in [0.05, 0.1) is 0 Å². The van der Waals surface area contributed by atoms with Gasteiger partial charge in [0.25, 0.3) is 11.9 Å². The van der Waals surface area contributed by atoms with E-state index in [1.165, 1.54) is 6.92 Å². The predicted molar refractivity (Wildman–Crippen MR) is 102 cm³/mol. The lowest BCUT2D eigenvalue weighted by Gasteiger charge is -2.29. The van der Waals surface area contributed by atoms with Gasteiger partial charge in [0.15, 0.2) is 0 Å². The van der Waals surface area contributed by atoms with Crippen molar-refractivity contribution in [3.8, 4) is 5.95 Å². The highest BCUT2D eigenvalue weighted by atomic mass is 19.4. The molecule has 1 atom stereocenters. The minimum absolute atomic E-state index is 0.171. The van der Waals surface area contributed by atoms with Gasteiger partial charge < -0.3 is 5.32 Å². The van der Waals surface area contributed by atoms with Crippen LogP contribution in [0.15, 0.2) is 30.3 Å². The van der Waals surface area contributed by atoms with Gasteiger partial charge >= 0.3 is 6.18 Å². The molecule has 0 fully saturated rings. The van der Waals surface area contributed by atoms with Crippen molar-refractivity contribution >= 4 is 5.91 Å². The smallest absolute Gasteiger partial charge is 0.347 e. The molecule has 1 amide bonds. The van der Waals surface area contributed by atoms with Crippen LogP contribution in [-0.2, 0) is 11.6 Å². The number of carbonyl (C=O) groups excluding carboxylic acids is 1. The Morgan fingerprint density at radius 1 is 1.20 bits per heavy atom. The SMILES string of the molecule is Cc1nc(C(=O)NC(C)CC(C)(C)c2ccccc2)nn1-c1n[nH]c(C(F)(F)F)n1. The fourth-order valence-electron chi connectivity index (χ4n) is 3.26. The van der Waals surface area contributed by atoms with Crippen LogP contribution in [0.25, 0.3) is 5.95 Å². The van der Waals surface area contributed by atoms with E-state index in [1.54, 1.807) is 0 Å². The first-order valence-corrected chi connectivity index (χ1v) is 9.27. The van der Waals surface area contributed by atoms with Gasteiger partial charge in [0, 0.05) is 6.04 Å². The van der Waals surface area contributed by atoms with Gasteiger partial charge in [0.2, 0.25) is 11.6 Å². The zero-order chi connectivity index (χ0) is 22.1. The Hall–Kier alpha value is -3.24. The standard InChI is InChI=1S/C19H22F3N7O/c1-11(10-18(3,4)13-8-6-5-7-9-13)23-15(30)14-24-12(2)29(28-14)17-25-16(26-27-17)19(20,21)22/h5-9,11H,10H2,1-4H3,(H,23,30)(H,25,26,27). The number of aryl methyl sites for hydroxylation is 1. The van der Waals surface area contributed by atoms with Crippen LogP contribution in [0.1, 0.15) is 55.0 Å². The number of aromatic amines is 1. The summed E-state index contributed by atoms with van der Waals surface area (Å²) in [6, 6.07) is 9.75. The maximum atomic E-state index is 12.7. The summed E-state index contributed by atoms with van der Waals surface area (Å²) in [5.74, 6) is -2.11. The van der Waals surface area contributed by atoms with Crippen molar-refractivity contribution in [2.45, 2.75) is 51.7 Å². The van der Waals surface area contributed by atoms with Crippen molar-refractivity contribution in [2.75, 3.05) is 0 Å². The second-order valence-electron chi connectivity index (χ2n) is 7.70. The van der Waals surface area contributed by atoms with Crippen LogP contribution in [-0.4, -0.2) is 41.9 Å². The van der Waals surface area contributed by atoms with E-state index in [2.05, 4.69) is 39.3 Å². The molecule has 0 saturated carbocycles. The monoisotopic (exact) mass is 421 g/mol. The van der Waals surface area contributed by atoms with Gasteiger partial charge in [-0.25, -0.2) is 4.98 Å². The second kappa shape index (κ2) is 7.88. The molecule has 3 aromatic rings. The number of aromatic nitrogens is 6. The highest BCUT2D eigenvalue weighted by Crippen LogP contribution is 2.28. The molecule has 0 aliphatic rings. The van der Waals surface area contributed by atoms with Crippen LogP contribution < -0.4 is 5.32 Å². The van der Waals surface area contributed by atoms with Crippen LogP contribution in [0.4, 0.5) is 13.2 Å². The second-order valence-corrected chi connectivity index (χ2v) is 7.70. The van der Waals surface area contributed by atoms with Crippen LogP contribution in [0, 0.1) is 6.92 Å². The maximum Gasteiger partial charge on any atom is 0.451 e. The summed E-state index contributed by atoms with van der Waals surface area (Å²) in [4.78, 5) is 20.0. The number of nitrogens with zero attached hydrogens (tertiary/aromatic N) is 5. The molecular weight excluding hydrogens is 399 g/mol. The topological polar surface area (TPSA) is 101 Å². The highest BCUT2D eigenvalue weighted by Gasteiger charge is 2.36. The minimum Gasteiger partial charge on any atom is -0.347 e. The molecule has 30 heavy (non-hydrogen) atoms. The van der Waals surface area contributed by atoms with E-state index in [0.29, 0.717) is 6.42 Å². The van der Waals surface area contributed by atoms with Crippen LogP contribution in [0.5, 0.6) is 0 Å². The first-order chi connectivity index (χ1) is 14.0. The highest BCUT2D eigenvalue weighted by molar-refractivity contribution is 5.90. The van der Waals surface area contributed by atoms with Gasteiger partial charge in [0.1, 0.15) is 5.82 Å². The zero-order valence-electron chi connectivity index (χ0n) is 16.9. The molecule has 0 bridgehead atoms. The van der Waals surface area contributed by atoms with Crippen molar-refractivity contribution in [3.05, 3.63) is 53.4 Å². The van der Waals surface area contributed by atoms with Crippen molar-refractivity contribution in [1.82, 2.24) is 35.3 Å². The molecule has 0 saturated heterocycles. The molecule has 8 nitrogen and oxygen atoms in total. The number of H-pyrrole nitrogens is 1. The number of alkyl halides is 3. The molecule has 160 valence electrons. The molecule has 11 heteroatoms. The Bertz CT molecular complexity index is 1020. The first-order valence-electron chi connectivity index (χ1n) is 9.27. The summed E-state index contributed by atoms with van der Waals surface area (Å²) in [6.07, 6.45) is -4.00. The van der Waals surface area contributed by atoms with Crippen molar-refractivity contribution in [1.29, 1.82) is 0 Å². The van der Waals surface area contributed by atoms with E-state index in [-0.39, 0.29) is 29.1 Å². The fraction of sp³-hybridized carbons (Fsp3) is 0.421. The van der Waals surface area contributed by atoms with Gasteiger partial charge in [-0.3, -0.25) is 9.89 Å². The minimum atomic E-state index is -4.67. The fourth-order valence-corrected chi connectivity index (χ4v) is 3.26. The Kier molecular flexibility index (Phi) is 5.64. The molecule has 2 N–H and O–H groups in total. The molecule has 2 aromatic heterocycles. The summed E-state index contributed by atoms with van der Waals surface area (Å²) >= 11 is 0. The van der Waals surface area contributed by atoms with Gasteiger partial charge in [-0.05, 0) is 31.2 Å². The largest absolute Gasteiger partial charge is 0.451 e. The quantitative estimate of drug-likeness (QED) is 0.637. The van der Waals surface area contributed by atoms with E-state index in [1.807, 2.05) is 42.4 Å². The number of hydrogen-bond acceptors (Lipinski definition) is 5. The van der Waals surface area contributed by atoms with Crippen LogP contribution >= 0.6 is 0 Å². The van der Waals surface area contributed by atoms with Crippen LogP contribution in [0.3, 0.4) is 0 Å². The van der Waals surface area contributed by atoms with Gasteiger partial charge in [-0.15, -0.1) is 10.2 Å². The maximum absolute atomic E-state index is 12.7. The Labute approximate surface area is 170 Å². The number of carbonyl (C=O) groups is 1. The summed E-state index contributed by atoms with van der Waals surface area (Å²) in [5.41, 5.74) is 0.971. The Morgan fingerprint density at radius 3 is 2.47 bits per heavy atom. The lowest BCUT2D eigenvalue weighted by molar-refractivity contribution is -0.144. The van der Waals surface area contributed by atoms with E-state index in [9.17, 15) is 18.0 Å². The van der Waals surface area contributed by atoms with Crippen molar-refractivity contribution in [3.63, 3.8) is 0 Å². The number of nitrogens with one attached hydrogen (secondary N) is 2. The van der Waals surface area contributed by atoms with Crippen LogP contribution in [0.2, 0.25) is 0 Å². The summed E-state index contributed by atoms with van der Waals surface area (Å²) in [6.45, 7) is 7.54. The molecule has 0 aliphatic carbocycles. The summed E-state index contributed by atoms with van der Waals surface area (Å²) in [7, 11) is 0. The molecule has 2 heterocycles. The number of amides is 1. The molecule has 1 unspecified atom stereocenters. The number of hydrogen-bond donors (Lipinski definition) is 2. The van der Waals surface area contributed by atoms with Gasteiger partial charge in [-0.2, -0.15) is 22.8 Å². The third kappa shape index (κ3) is 4.66. The Morgan fingerprint density at radius 2 is 1.87 bits per heavy atom. The summed E-state index contributed by atoms with van der Waals surface area (Å²) in [5, 5.41) is 12.1. The molecular formula is C19H22F3N7O. The molecule has 0 aliphatic heterocycles. The average molecular weight is 421 g/mol. The zero-order valence-corrected chi connectivity index (χ0v) is 16.9. The van der Waals surface area contributed by atoms with Crippen molar-refractivity contribution in [2.24, 2.45) is 0 Å². The Balaban J connectivity index is 1.70.